The fourth-order valence-electron chi connectivity index (χ4n) is 1.65. The van der Waals surface area contributed by atoms with Crippen LogP contribution in [-0.4, -0.2) is 47.8 Å². The third kappa shape index (κ3) is 13.1. The van der Waals surface area contributed by atoms with E-state index in [9.17, 15) is 8.42 Å². The van der Waals surface area contributed by atoms with Crippen LogP contribution in [0.15, 0.2) is 0 Å². The molecule has 0 aliphatic rings. The van der Waals surface area contributed by atoms with Gasteiger partial charge < -0.3 is 0 Å². The van der Waals surface area contributed by atoms with E-state index in [1.807, 2.05) is 0 Å². The number of unbranched alkanes of at least 4 members (excludes halogenated alkanes) is 7. The molecule has 0 aliphatic heterocycles. The predicted molar refractivity (Wildman–Crippen MR) is 75.1 cm³/mol. The van der Waals surface area contributed by atoms with E-state index in [2.05, 4.69) is 13.8 Å². The van der Waals surface area contributed by atoms with Gasteiger partial charge in [0.15, 0.2) is 0 Å². The van der Waals surface area contributed by atoms with Gasteiger partial charge in [0.2, 0.25) is 0 Å². The van der Waals surface area contributed by atoms with Crippen molar-refractivity contribution in [2.75, 3.05) is 0 Å². The van der Waals surface area contributed by atoms with Crippen molar-refractivity contribution in [3.05, 3.63) is 6.92 Å². The van der Waals surface area contributed by atoms with Crippen molar-refractivity contribution >= 4 is 39.7 Å². The first-order chi connectivity index (χ1) is 7.48. The van der Waals surface area contributed by atoms with Gasteiger partial charge in [0.1, 0.15) is 0 Å². The molecule has 0 heterocycles. The van der Waals surface area contributed by atoms with Crippen molar-refractivity contribution in [1.82, 2.24) is 0 Å². The van der Waals surface area contributed by atoms with E-state index in [4.69, 9.17) is 4.55 Å². The Hall–Kier alpha value is 0.910. The molecule has 17 heavy (non-hydrogen) atoms. The standard InChI is InChI=1S/C12H25O3S.Na.H/c1-3-4-5-6-7-8-9-10-11-12(2)16(13,14)15;;/h12H,2-11H2,1H3,(H,13,14,15);;. The van der Waals surface area contributed by atoms with Crippen molar-refractivity contribution in [2.24, 2.45) is 0 Å². The molecule has 0 saturated carbocycles. The minimum absolute atomic E-state index is 0. The number of hydrogen-bond acceptors (Lipinski definition) is 2. The molecule has 3 nitrogen and oxygen atoms in total. The fourth-order valence-corrected chi connectivity index (χ4v) is 2.12. The summed E-state index contributed by atoms with van der Waals surface area (Å²) in [7, 11) is -3.92. The van der Waals surface area contributed by atoms with Gasteiger partial charge in [-0.05, 0) is 13.3 Å². The Labute approximate surface area is 129 Å². The van der Waals surface area contributed by atoms with E-state index < -0.39 is 15.4 Å². The SMILES string of the molecule is [CH2]C(CCCCCCCCCC)S(=O)(=O)O.[NaH]. The Balaban J connectivity index is 0. The number of rotatable bonds is 10. The normalized spacial score (nSPS) is 13.1. The Kier molecular flexibility index (Phi) is 14.2. The average molecular weight is 273 g/mol. The second-order valence-corrected chi connectivity index (χ2v) is 6.10. The molecule has 0 fully saturated rings. The molecule has 0 aromatic rings. The fraction of sp³-hybridized carbons (Fsp3) is 0.917. The molecule has 1 radical (unpaired) electrons. The van der Waals surface area contributed by atoms with Crippen LogP contribution in [0.3, 0.4) is 0 Å². The van der Waals surface area contributed by atoms with Crippen LogP contribution in [0.1, 0.15) is 64.7 Å². The summed E-state index contributed by atoms with van der Waals surface area (Å²) in [6.07, 6.45) is 9.87. The quantitative estimate of drug-likeness (QED) is 0.378. The van der Waals surface area contributed by atoms with Crippen LogP contribution in [0.4, 0.5) is 0 Å². The molecule has 99 valence electrons. The van der Waals surface area contributed by atoms with Crippen LogP contribution in [0.5, 0.6) is 0 Å². The molecule has 0 spiro atoms. The Morgan fingerprint density at radius 1 is 1.00 bits per heavy atom. The zero-order valence-electron chi connectivity index (χ0n) is 10.3. The van der Waals surface area contributed by atoms with E-state index in [1.165, 1.54) is 32.1 Å². The monoisotopic (exact) mass is 273 g/mol. The summed E-state index contributed by atoms with van der Waals surface area (Å²) < 4.78 is 30.0. The molecule has 0 amide bonds. The van der Waals surface area contributed by atoms with Crippen LogP contribution in [0.25, 0.3) is 0 Å². The van der Waals surface area contributed by atoms with E-state index in [-0.39, 0.29) is 29.6 Å². The second kappa shape index (κ2) is 12.0. The average Bonchev–Trinajstić information content (AvgIpc) is 2.20. The molecule has 0 bridgehead atoms. The Bertz CT molecular complexity index is 252. The maximum absolute atomic E-state index is 10.7. The van der Waals surface area contributed by atoms with Crippen LogP contribution in [0, 0.1) is 6.92 Å². The van der Waals surface area contributed by atoms with Crippen molar-refractivity contribution in [3.63, 3.8) is 0 Å². The summed E-state index contributed by atoms with van der Waals surface area (Å²) in [5.74, 6) is 0. The maximum atomic E-state index is 10.7. The van der Waals surface area contributed by atoms with Crippen molar-refractivity contribution in [2.45, 2.75) is 70.0 Å². The van der Waals surface area contributed by atoms with Crippen LogP contribution in [0.2, 0.25) is 0 Å². The predicted octanol–water partition coefficient (Wildman–Crippen LogP) is 2.96. The summed E-state index contributed by atoms with van der Waals surface area (Å²) in [6, 6.07) is 0. The van der Waals surface area contributed by atoms with Crippen molar-refractivity contribution in [3.8, 4) is 0 Å². The summed E-state index contributed by atoms with van der Waals surface area (Å²) >= 11 is 0. The summed E-state index contributed by atoms with van der Waals surface area (Å²) in [5.41, 5.74) is 0. The van der Waals surface area contributed by atoms with E-state index >= 15 is 0 Å². The van der Waals surface area contributed by atoms with E-state index in [0.717, 1.165) is 19.3 Å². The van der Waals surface area contributed by atoms with Gasteiger partial charge in [0, 0.05) is 0 Å². The van der Waals surface area contributed by atoms with Crippen LogP contribution < -0.4 is 0 Å². The molecular weight excluding hydrogens is 247 g/mol. The van der Waals surface area contributed by atoms with Gasteiger partial charge in [-0.15, -0.1) is 0 Å². The minimum atomic E-state index is -3.92. The van der Waals surface area contributed by atoms with Gasteiger partial charge in [-0.1, -0.05) is 58.3 Å². The molecule has 0 saturated heterocycles. The van der Waals surface area contributed by atoms with Gasteiger partial charge in [0.05, 0.1) is 5.25 Å². The summed E-state index contributed by atoms with van der Waals surface area (Å²) in [5, 5.41) is -0.854. The van der Waals surface area contributed by atoms with Gasteiger partial charge in [0.25, 0.3) is 10.1 Å². The first kappa shape index (κ1) is 20.2. The Morgan fingerprint density at radius 2 is 1.41 bits per heavy atom. The molecule has 0 aromatic carbocycles. The van der Waals surface area contributed by atoms with Crippen molar-refractivity contribution < 1.29 is 13.0 Å². The molecule has 1 N–H and O–H groups in total. The van der Waals surface area contributed by atoms with Gasteiger partial charge in [-0.3, -0.25) is 4.55 Å². The first-order valence-electron chi connectivity index (χ1n) is 6.28. The second-order valence-electron chi connectivity index (χ2n) is 4.40. The summed E-state index contributed by atoms with van der Waals surface area (Å²) in [6.45, 7) is 5.63. The third-order valence-electron chi connectivity index (χ3n) is 2.80. The van der Waals surface area contributed by atoms with Crippen LogP contribution in [-0.2, 0) is 10.1 Å². The number of hydrogen-bond donors (Lipinski definition) is 1. The molecule has 1 atom stereocenters. The molecule has 1 unspecified atom stereocenters. The zero-order valence-corrected chi connectivity index (χ0v) is 11.1. The van der Waals surface area contributed by atoms with Gasteiger partial charge in [-0.25, -0.2) is 0 Å². The van der Waals surface area contributed by atoms with Crippen molar-refractivity contribution in [1.29, 1.82) is 0 Å². The topological polar surface area (TPSA) is 54.4 Å². The Morgan fingerprint density at radius 3 is 1.82 bits per heavy atom. The van der Waals surface area contributed by atoms with Gasteiger partial charge in [-0.2, -0.15) is 8.42 Å². The first-order valence-corrected chi connectivity index (χ1v) is 7.78. The van der Waals surface area contributed by atoms with Crippen LogP contribution >= 0.6 is 0 Å². The molecule has 5 heteroatoms. The van der Waals surface area contributed by atoms with Gasteiger partial charge >= 0.3 is 29.6 Å². The molecule has 0 aliphatic carbocycles. The molecular formula is C12H26NaO3S. The van der Waals surface area contributed by atoms with E-state index in [0.29, 0.717) is 6.42 Å². The summed E-state index contributed by atoms with van der Waals surface area (Å²) in [4.78, 5) is 0. The zero-order chi connectivity index (χ0) is 12.4. The molecule has 0 rings (SSSR count). The molecule has 0 aromatic heterocycles. The third-order valence-corrected chi connectivity index (χ3v) is 3.88. The van der Waals surface area contributed by atoms with E-state index in [1.54, 1.807) is 0 Å².